The second-order valence-electron chi connectivity index (χ2n) is 5.31. The molecular formula is C15H23N3O. The van der Waals surface area contributed by atoms with Gasteiger partial charge in [-0.25, -0.2) is 0 Å². The third-order valence-electron chi connectivity index (χ3n) is 3.45. The number of amides is 1. The third kappa shape index (κ3) is 4.24. The maximum Gasteiger partial charge on any atom is 0.224 e. The van der Waals surface area contributed by atoms with Crippen molar-refractivity contribution in [2.75, 3.05) is 23.3 Å². The van der Waals surface area contributed by atoms with Crippen LogP contribution in [0.2, 0.25) is 0 Å². The van der Waals surface area contributed by atoms with Crippen molar-refractivity contribution in [1.29, 1.82) is 0 Å². The van der Waals surface area contributed by atoms with Crippen molar-refractivity contribution < 1.29 is 4.79 Å². The summed E-state index contributed by atoms with van der Waals surface area (Å²) in [6, 6.07) is 8.16. The monoisotopic (exact) mass is 261 g/mol. The minimum Gasteiger partial charge on any atom is -0.372 e. The Hall–Kier alpha value is -1.55. The van der Waals surface area contributed by atoms with Gasteiger partial charge in [-0.3, -0.25) is 4.79 Å². The van der Waals surface area contributed by atoms with Gasteiger partial charge in [0.15, 0.2) is 0 Å². The summed E-state index contributed by atoms with van der Waals surface area (Å²) in [7, 11) is 0. The van der Waals surface area contributed by atoms with Crippen LogP contribution in [0.4, 0.5) is 11.4 Å². The predicted octanol–water partition coefficient (Wildman–Crippen LogP) is 2.35. The van der Waals surface area contributed by atoms with Crippen LogP contribution in [0.1, 0.15) is 32.6 Å². The van der Waals surface area contributed by atoms with Crippen molar-refractivity contribution in [3.63, 3.8) is 0 Å². The molecule has 104 valence electrons. The van der Waals surface area contributed by atoms with Crippen molar-refractivity contribution in [1.82, 2.24) is 0 Å². The highest BCUT2D eigenvalue weighted by atomic mass is 16.1. The van der Waals surface area contributed by atoms with Gasteiger partial charge in [0.2, 0.25) is 5.91 Å². The zero-order chi connectivity index (χ0) is 13.7. The van der Waals surface area contributed by atoms with E-state index in [2.05, 4.69) is 22.3 Å². The molecule has 0 aliphatic carbocycles. The van der Waals surface area contributed by atoms with Crippen LogP contribution in [0, 0.1) is 0 Å². The summed E-state index contributed by atoms with van der Waals surface area (Å²) in [4.78, 5) is 14.1. The van der Waals surface area contributed by atoms with Gasteiger partial charge in [0.05, 0.1) is 0 Å². The Morgan fingerprint density at radius 2 is 1.95 bits per heavy atom. The zero-order valence-electron chi connectivity index (χ0n) is 11.6. The van der Waals surface area contributed by atoms with Crippen LogP contribution in [0.5, 0.6) is 0 Å². The van der Waals surface area contributed by atoms with Gasteiger partial charge in [0, 0.05) is 36.9 Å². The molecular weight excluding hydrogens is 238 g/mol. The number of nitrogens with two attached hydrogens (primary N) is 1. The van der Waals surface area contributed by atoms with Gasteiger partial charge in [-0.15, -0.1) is 0 Å². The highest BCUT2D eigenvalue weighted by molar-refractivity contribution is 5.90. The summed E-state index contributed by atoms with van der Waals surface area (Å²) in [5, 5.41) is 2.90. The van der Waals surface area contributed by atoms with Gasteiger partial charge in [0.1, 0.15) is 0 Å². The summed E-state index contributed by atoms with van der Waals surface area (Å²) in [6.45, 7) is 4.19. The molecule has 0 aromatic heterocycles. The first kappa shape index (κ1) is 13.9. The van der Waals surface area contributed by atoms with E-state index in [1.165, 1.54) is 18.5 Å². The molecule has 19 heavy (non-hydrogen) atoms. The number of anilines is 2. The Morgan fingerprint density at radius 1 is 1.32 bits per heavy atom. The smallest absolute Gasteiger partial charge is 0.224 e. The Balaban J connectivity index is 1.86. The van der Waals surface area contributed by atoms with Crippen molar-refractivity contribution in [2.45, 2.75) is 38.6 Å². The molecule has 1 unspecified atom stereocenters. The van der Waals surface area contributed by atoms with Gasteiger partial charge in [-0.05, 0) is 50.5 Å². The molecule has 1 heterocycles. The van der Waals surface area contributed by atoms with Crippen LogP contribution >= 0.6 is 0 Å². The van der Waals surface area contributed by atoms with Crippen LogP contribution < -0.4 is 16.0 Å². The normalized spacial score (nSPS) is 16.4. The maximum absolute atomic E-state index is 11.7. The molecule has 0 radical (unpaired) electrons. The number of rotatable bonds is 5. The van der Waals surface area contributed by atoms with Crippen LogP contribution in [0.15, 0.2) is 24.3 Å². The minimum atomic E-state index is 0.0335. The number of nitrogens with one attached hydrogen (secondary N) is 1. The molecule has 0 spiro atoms. The topological polar surface area (TPSA) is 58.4 Å². The number of benzene rings is 1. The molecule has 1 saturated heterocycles. The van der Waals surface area contributed by atoms with Gasteiger partial charge < -0.3 is 16.0 Å². The first-order valence-electron chi connectivity index (χ1n) is 7.05. The van der Waals surface area contributed by atoms with Crippen LogP contribution in [-0.2, 0) is 4.79 Å². The van der Waals surface area contributed by atoms with Gasteiger partial charge in [-0.1, -0.05) is 0 Å². The van der Waals surface area contributed by atoms with E-state index < -0.39 is 0 Å². The fraction of sp³-hybridized carbons (Fsp3) is 0.533. The number of nitrogens with zero attached hydrogens (tertiary/aromatic N) is 1. The van der Waals surface area contributed by atoms with Gasteiger partial charge in [-0.2, -0.15) is 0 Å². The Kier molecular flexibility index (Phi) is 4.80. The molecule has 1 atom stereocenters. The number of carbonyl (C=O) groups excluding carboxylic acids is 1. The third-order valence-corrected chi connectivity index (χ3v) is 3.45. The predicted molar refractivity (Wildman–Crippen MR) is 79.4 cm³/mol. The Labute approximate surface area is 115 Å². The van der Waals surface area contributed by atoms with E-state index in [1.807, 2.05) is 19.1 Å². The SMILES string of the molecule is CC(N)CCC(=O)Nc1ccc(N2CCCC2)cc1. The van der Waals surface area contributed by atoms with E-state index in [9.17, 15) is 4.79 Å². The molecule has 3 N–H and O–H groups in total. The Morgan fingerprint density at radius 3 is 2.53 bits per heavy atom. The van der Waals surface area contributed by atoms with Crippen molar-refractivity contribution in [2.24, 2.45) is 5.73 Å². The van der Waals surface area contributed by atoms with Crippen LogP contribution in [-0.4, -0.2) is 25.0 Å². The van der Waals surface area contributed by atoms with Crippen molar-refractivity contribution in [3.8, 4) is 0 Å². The van der Waals surface area contributed by atoms with Crippen LogP contribution in [0.3, 0.4) is 0 Å². The lowest BCUT2D eigenvalue weighted by Crippen LogP contribution is -2.19. The van der Waals surface area contributed by atoms with Gasteiger partial charge in [0.25, 0.3) is 0 Å². The number of hydrogen-bond donors (Lipinski definition) is 2. The van der Waals surface area contributed by atoms with E-state index in [4.69, 9.17) is 5.73 Å². The average Bonchev–Trinajstić information content (AvgIpc) is 2.91. The highest BCUT2D eigenvalue weighted by Crippen LogP contribution is 2.22. The number of hydrogen-bond acceptors (Lipinski definition) is 3. The first-order valence-corrected chi connectivity index (χ1v) is 7.05. The molecule has 1 aromatic rings. The molecule has 2 rings (SSSR count). The molecule has 1 aromatic carbocycles. The molecule has 1 fully saturated rings. The minimum absolute atomic E-state index is 0.0335. The van der Waals surface area contributed by atoms with E-state index in [-0.39, 0.29) is 11.9 Å². The summed E-state index contributed by atoms with van der Waals surface area (Å²) in [6.07, 6.45) is 3.74. The fourth-order valence-electron chi connectivity index (χ4n) is 2.31. The molecule has 1 aliphatic heterocycles. The van der Waals surface area contributed by atoms with Crippen molar-refractivity contribution in [3.05, 3.63) is 24.3 Å². The molecule has 1 amide bonds. The lowest BCUT2D eigenvalue weighted by atomic mass is 10.2. The van der Waals surface area contributed by atoms with Gasteiger partial charge >= 0.3 is 0 Å². The largest absolute Gasteiger partial charge is 0.372 e. The Bertz CT molecular complexity index is 408. The summed E-state index contributed by atoms with van der Waals surface area (Å²) in [5.41, 5.74) is 7.74. The summed E-state index contributed by atoms with van der Waals surface area (Å²) >= 11 is 0. The molecule has 0 saturated carbocycles. The molecule has 1 aliphatic rings. The first-order chi connectivity index (χ1) is 9.15. The molecule has 0 bridgehead atoms. The lowest BCUT2D eigenvalue weighted by Gasteiger charge is -2.17. The standard InChI is InChI=1S/C15H23N3O/c1-12(16)4-9-15(19)17-13-5-7-14(8-6-13)18-10-2-3-11-18/h5-8,12H,2-4,9-11,16H2,1H3,(H,17,19). The van der Waals surface area contributed by atoms with Crippen LogP contribution in [0.25, 0.3) is 0 Å². The zero-order valence-corrected chi connectivity index (χ0v) is 11.6. The van der Waals surface area contributed by atoms with E-state index in [0.29, 0.717) is 6.42 Å². The summed E-state index contributed by atoms with van der Waals surface area (Å²) in [5.74, 6) is 0.0335. The number of carbonyl (C=O) groups is 1. The quantitative estimate of drug-likeness (QED) is 0.855. The maximum atomic E-state index is 11.7. The second-order valence-corrected chi connectivity index (χ2v) is 5.31. The average molecular weight is 261 g/mol. The van der Waals surface area contributed by atoms with E-state index in [1.54, 1.807) is 0 Å². The fourth-order valence-corrected chi connectivity index (χ4v) is 2.31. The molecule has 4 nitrogen and oxygen atoms in total. The highest BCUT2D eigenvalue weighted by Gasteiger charge is 2.12. The summed E-state index contributed by atoms with van der Waals surface area (Å²) < 4.78 is 0. The van der Waals surface area contributed by atoms with Crippen molar-refractivity contribution >= 4 is 17.3 Å². The van der Waals surface area contributed by atoms with E-state index in [0.717, 1.165) is 25.2 Å². The van der Waals surface area contributed by atoms with E-state index >= 15 is 0 Å². The lowest BCUT2D eigenvalue weighted by molar-refractivity contribution is -0.116. The second kappa shape index (κ2) is 6.57. The molecule has 4 heteroatoms.